The molecule has 0 radical (unpaired) electrons. The molecule has 1 aliphatic rings. The number of aromatic nitrogens is 4. The first-order valence-corrected chi connectivity index (χ1v) is 8.71. The van der Waals surface area contributed by atoms with Crippen LogP contribution in [-0.4, -0.2) is 50.6 Å². The van der Waals surface area contributed by atoms with Crippen molar-refractivity contribution < 1.29 is 14.1 Å². The second kappa shape index (κ2) is 7.37. The Morgan fingerprint density at radius 3 is 3.07 bits per heavy atom. The normalized spacial score (nSPS) is 17.1. The van der Waals surface area contributed by atoms with Gasteiger partial charge in [-0.3, -0.25) is 4.68 Å². The zero-order valence-corrected chi connectivity index (χ0v) is 15.3. The van der Waals surface area contributed by atoms with Crippen LogP contribution in [0.5, 0.6) is 0 Å². The Kier molecular flexibility index (Phi) is 4.78. The molecule has 9 nitrogen and oxygen atoms in total. The van der Waals surface area contributed by atoms with Gasteiger partial charge < -0.3 is 19.5 Å². The van der Waals surface area contributed by atoms with Gasteiger partial charge in [0.15, 0.2) is 5.82 Å². The summed E-state index contributed by atoms with van der Waals surface area (Å²) in [5, 5.41) is 11.5. The number of urea groups is 1. The second-order valence-electron chi connectivity index (χ2n) is 6.09. The molecule has 1 atom stereocenters. The lowest BCUT2D eigenvalue weighted by atomic mass is 10.2. The molecule has 1 fully saturated rings. The van der Waals surface area contributed by atoms with Crippen LogP contribution < -0.4 is 5.32 Å². The summed E-state index contributed by atoms with van der Waals surface area (Å²) in [6.07, 6.45) is 3.41. The number of rotatable bonds is 3. The molecule has 0 spiro atoms. The Labute approximate surface area is 159 Å². The molecule has 2 aromatic heterocycles. The van der Waals surface area contributed by atoms with Gasteiger partial charge in [0.2, 0.25) is 0 Å². The van der Waals surface area contributed by atoms with E-state index in [-0.39, 0.29) is 12.6 Å². The van der Waals surface area contributed by atoms with Gasteiger partial charge in [0.1, 0.15) is 6.04 Å². The predicted molar refractivity (Wildman–Crippen MR) is 97.2 cm³/mol. The van der Waals surface area contributed by atoms with E-state index in [1.54, 1.807) is 53.3 Å². The number of halogens is 1. The van der Waals surface area contributed by atoms with E-state index in [4.69, 9.17) is 20.9 Å². The largest absolute Gasteiger partial charge is 0.377 e. The second-order valence-corrected chi connectivity index (χ2v) is 6.52. The first-order chi connectivity index (χ1) is 13.1. The minimum Gasteiger partial charge on any atom is -0.377 e. The van der Waals surface area contributed by atoms with Crippen LogP contribution in [0.4, 0.5) is 10.5 Å². The van der Waals surface area contributed by atoms with Gasteiger partial charge >= 0.3 is 6.03 Å². The third kappa shape index (κ3) is 3.79. The number of amides is 2. The lowest BCUT2D eigenvalue weighted by Gasteiger charge is -2.33. The van der Waals surface area contributed by atoms with Crippen molar-refractivity contribution in [2.75, 3.05) is 25.1 Å². The molecule has 1 aliphatic heterocycles. The summed E-state index contributed by atoms with van der Waals surface area (Å²) in [5.74, 6) is 0.730. The number of carbonyl (C=O) groups is 1. The number of benzene rings is 1. The highest BCUT2D eigenvalue weighted by Gasteiger charge is 2.32. The standard InChI is InChI=1S/C17H17ClN6O3/c1-23-9-11(8-19-23)16-21-15(22-27-16)14-10-26-6-5-24(14)17(25)20-13-4-2-3-12(18)7-13/h2-4,7-9,14H,5-6,10H2,1H3,(H,20,25). The topological polar surface area (TPSA) is 98.3 Å². The van der Waals surface area contributed by atoms with Crippen molar-refractivity contribution in [1.29, 1.82) is 0 Å². The maximum absolute atomic E-state index is 12.8. The number of hydrogen-bond donors (Lipinski definition) is 1. The average molecular weight is 389 g/mol. The zero-order chi connectivity index (χ0) is 18.8. The fraction of sp³-hybridized carbons (Fsp3) is 0.294. The average Bonchev–Trinajstić information content (AvgIpc) is 3.31. The van der Waals surface area contributed by atoms with E-state index in [2.05, 4.69) is 20.6 Å². The van der Waals surface area contributed by atoms with Gasteiger partial charge in [-0.15, -0.1) is 0 Å². The first-order valence-electron chi connectivity index (χ1n) is 8.34. The van der Waals surface area contributed by atoms with E-state index in [1.165, 1.54) is 0 Å². The fourth-order valence-electron chi connectivity index (χ4n) is 2.84. The van der Waals surface area contributed by atoms with Crippen LogP contribution in [0.2, 0.25) is 5.02 Å². The van der Waals surface area contributed by atoms with Crippen molar-refractivity contribution in [1.82, 2.24) is 24.8 Å². The molecule has 1 aromatic carbocycles. The molecule has 0 aliphatic carbocycles. The quantitative estimate of drug-likeness (QED) is 0.740. The summed E-state index contributed by atoms with van der Waals surface area (Å²) in [6, 6.07) is 6.24. The Morgan fingerprint density at radius 1 is 1.41 bits per heavy atom. The Hall–Kier alpha value is -2.91. The van der Waals surface area contributed by atoms with Gasteiger partial charge in [0.05, 0.1) is 25.0 Å². The van der Waals surface area contributed by atoms with Gasteiger partial charge in [-0.2, -0.15) is 10.1 Å². The zero-order valence-electron chi connectivity index (χ0n) is 14.5. The van der Waals surface area contributed by atoms with Gasteiger partial charge in [-0.25, -0.2) is 4.79 Å². The van der Waals surface area contributed by atoms with E-state index in [0.717, 1.165) is 0 Å². The molecule has 1 unspecified atom stereocenters. The van der Waals surface area contributed by atoms with Crippen molar-refractivity contribution in [3.63, 3.8) is 0 Å². The smallest absolute Gasteiger partial charge is 0.322 e. The first kappa shape index (κ1) is 17.5. The Morgan fingerprint density at radius 2 is 2.30 bits per heavy atom. The molecule has 4 rings (SSSR count). The molecule has 1 saturated heterocycles. The minimum atomic E-state index is -0.452. The molecule has 3 aromatic rings. The molecule has 10 heteroatoms. The number of carbonyl (C=O) groups excluding carboxylic acids is 1. The van der Waals surface area contributed by atoms with Crippen LogP contribution in [0.25, 0.3) is 11.5 Å². The highest BCUT2D eigenvalue weighted by molar-refractivity contribution is 6.30. The highest BCUT2D eigenvalue weighted by atomic mass is 35.5. The Balaban J connectivity index is 1.54. The maximum atomic E-state index is 12.8. The van der Waals surface area contributed by atoms with E-state index >= 15 is 0 Å². The molecule has 2 amide bonds. The summed E-state index contributed by atoms with van der Waals surface area (Å²) in [6.45, 7) is 1.13. The van der Waals surface area contributed by atoms with Crippen molar-refractivity contribution in [3.8, 4) is 11.5 Å². The molecule has 1 N–H and O–H groups in total. The third-order valence-corrected chi connectivity index (χ3v) is 4.39. The van der Waals surface area contributed by atoms with E-state index in [1.807, 2.05) is 0 Å². The van der Waals surface area contributed by atoms with E-state index in [0.29, 0.717) is 41.1 Å². The SMILES string of the molecule is Cn1cc(-c2nc(C3COCCN3C(=O)Nc3cccc(Cl)c3)no2)cn1. The number of nitrogens with one attached hydrogen (secondary N) is 1. The number of ether oxygens (including phenoxy) is 1. The fourth-order valence-corrected chi connectivity index (χ4v) is 3.03. The molecule has 0 bridgehead atoms. The number of nitrogens with zero attached hydrogens (tertiary/aromatic N) is 5. The van der Waals surface area contributed by atoms with E-state index < -0.39 is 6.04 Å². The van der Waals surface area contributed by atoms with Crippen LogP contribution in [-0.2, 0) is 11.8 Å². The Bertz CT molecular complexity index is 956. The molecular weight excluding hydrogens is 372 g/mol. The summed E-state index contributed by atoms with van der Waals surface area (Å²) in [5.41, 5.74) is 1.32. The van der Waals surface area contributed by atoms with E-state index in [9.17, 15) is 4.79 Å². The third-order valence-electron chi connectivity index (χ3n) is 4.16. The monoisotopic (exact) mass is 388 g/mol. The summed E-state index contributed by atoms with van der Waals surface area (Å²) in [4.78, 5) is 18.8. The van der Waals surface area contributed by atoms with Crippen molar-refractivity contribution in [3.05, 3.63) is 47.5 Å². The maximum Gasteiger partial charge on any atom is 0.322 e. The van der Waals surface area contributed by atoms with Gasteiger partial charge in [0.25, 0.3) is 5.89 Å². The number of anilines is 1. The lowest BCUT2D eigenvalue weighted by Crippen LogP contribution is -2.45. The molecule has 27 heavy (non-hydrogen) atoms. The number of aryl methyl sites for hydroxylation is 1. The summed E-state index contributed by atoms with van der Waals surface area (Å²) >= 11 is 5.98. The molecular formula is C17H17ClN6O3. The highest BCUT2D eigenvalue weighted by Crippen LogP contribution is 2.26. The van der Waals surface area contributed by atoms with Crippen LogP contribution in [0, 0.1) is 0 Å². The van der Waals surface area contributed by atoms with Crippen LogP contribution in [0.15, 0.2) is 41.2 Å². The van der Waals surface area contributed by atoms with Crippen LogP contribution in [0.1, 0.15) is 11.9 Å². The van der Waals surface area contributed by atoms with Crippen molar-refractivity contribution in [2.24, 2.45) is 7.05 Å². The minimum absolute atomic E-state index is 0.279. The number of hydrogen-bond acceptors (Lipinski definition) is 6. The molecule has 0 saturated carbocycles. The van der Waals surface area contributed by atoms with Crippen LogP contribution >= 0.6 is 11.6 Å². The molecule has 3 heterocycles. The van der Waals surface area contributed by atoms with Crippen LogP contribution in [0.3, 0.4) is 0 Å². The number of morpholine rings is 1. The lowest BCUT2D eigenvalue weighted by molar-refractivity contribution is 0.0110. The van der Waals surface area contributed by atoms with Gasteiger partial charge in [0, 0.05) is 30.5 Å². The van der Waals surface area contributed by atoms with Crippen molar-refractivity contribution >= 4 is 23.3 Å². The molecule has 140 valence electrons. The summed E-state index contributed by atoms with van der Waals surface area (Å²) < 4.78 is 12.5. The predicted octanol–water partition coefficient (Wildman–Crippen LogP) is 2.73. The van der Waals surface area contributed by atoms with Crippen molar-refractivity contribution in [2.45, 2.75) is 6.04 Å². The van der Waals surface area contributed by atoms with Gasteiger partial charge in [-0.05, 0) is 18.2 Å². The van der Waals surface area contributed by atoms with Gasteiger partial charge in [-0.1, -0.05) is 22.8 Å². The summed E-state index contributed by atoms with van der Waals surface area (Å²) in [7, 11) is 1.80.